The summed E-state index contributed by atoms with van der Waals surface area (Å²) in [6, 6.07) is 6.89. The van der Waals surface area contributed by atoms with E-state index < -0.39 is 148 Å². The fraction of sp³-hybridized carbons (Fsp3) is 0. The van der Waals surface area contributed by atoms with E-state index >= 15 is 0 Å². The summed E-state index contributed by atoms with van der Waals surface area (Å²) in [6.07, 6.45) is 0. The van der Waals surface area contributed by atoms with Crippen LogP contribution in [0.15, 0.2) is 188 Å². The van der Waals surface area contributed by atoms with Gasteiger partial charge in [0.1, 0.15) is 0 Å². The average Bonchev–Trinajstić information content (AvgIpc) is 4.13. The van der Waals surface area contributed by atoms with Gasteiger partial charge in [-0.15, -0.1) is 22.7 Å². The second-order valence-electron chi connectivity index (χ2n) is 12.4. The lowest BCUT2D eigenvalue weighted by Gasteiger charge is -2.10. The Bertz CT molecular complexity index is 4370. The zero-order chi connectivity index (χ0) is 54.4. The van der Waals surface area contributed by atoms with Crippen LogP contribution < -0.4 is 0 Å². The standard InChI is InChI=1S/C51H31N3S2/c1-4-13-32(14-5-1)35-19-12-20-37(27-35)50-52-49(34-17-8-3-9-18-34)53-51(54-50)38-23-25-40-43-28-36(24-26-45(43)55-46(40)30-38)39-29-42(33-15-6-2-7-16-33)48-41-21-10-11-22-44(41)56-47(48)31-39/h1-31H/i1D,3D,4D,5D,8D,9D,12D,13D,14D,17D,18D,19D,20D,23D,24D,25D,26D,27D,28D,30D. The van der Waals surface area contributed by atoms with E-state index in [-0.39, 0.29) is 43.9 Å². The molecule has 11 rings (SSSR count). The Labute approximate surface area is 360 Å². The molecule has 0 aliphatic carbocycles. The lowest BCUT2D eigenvalue weighted by atomic mass is 9.94. The topological polar surface area (TPSA) is 38.7 Å². The molecule has 3 nitrogen and oxygen atoms in total. The molecule has 0 amide bonds. The Morgan fingerprint density at radius 1 is 0.357 bits per heavy atom. The molecule has 0 bridgehead atoms. The number of thiophene rings is 2. The van der Waals surface area contributed by atoms with Gasteiger partial charge < -0.3 is 0 Å². The van der Waals surface area contributed by atoms with Gasteiger partial charge in [0, 0.05) is 57.0 Å². The van der Waals surface area contributed by atoms with E-state index in [9.17, 15) is 9.60 Å². The molecule has 0 saturated carbocycles. The molecule has 0 aliphatic heterocycles. The second-order valence-corrected chi connectivity index (χ2v) is 14.5. The zero-order valence-electron chi connectivity index (χ0n) is 48.5. The molecule has 5 heteroatoms. The highest BCUT2D eigenvalue weighted by molar-refractivity contribution is 7.26. The van der Waals surface area contributed by atoms with Crippen LogP contribution in [0.3, 0.4) is 0 Å². The van der Waals surface area contributed by atoms with Crippen molar-refractivity contribution >= 4 is 63.0 Å². The molecule has 3 heterocycles. The SMILES string of the molecule is [2H]c1c([2H])c([2H])c(-c2nc(-c3c([2H])c([2H])c([2H])c(-c4c([2H])c([2H])c([2H])c([2H])c4[2H])c3[2H])nc(-c3c([2H])c([2H])c4c(sc5c([2H])c([2H])c(-c6cc(-c7ccccc7)c7c(c6)sc6ccccc67)c([2H])c54)c3[2H])n2)c([2H])c1[2H]. The molecular weight excluding hydrogens is 719 g/mol. The Balaban J connectivity index is 1.20. The summed E-state index contributed by atoms with van der Waals surface area (Å²) in [6.45, 7) is 0. The van der Waals surface area contributed by atoms with Crippen LogP contribution in [-0.4, -0.2) is 15.0 Å². The highest BCUT2D eigenvalue weighted by Crippen LogP contribution is 2.44. The molecule has 56 heavy (non-hydrogen) atoms. The van der Waals surface area contributed by atoms with E-state index in [1.807, 2.05) is 66.7 Å². The van der Waals surface area contributed by atoms with Crippen molar-refractivity contribution < 1.29 is 27.4 Å². The summed E-state index contributed by atoms with van der Waals surface area (Å²) in [5, 5.41) is 1.94. The molecular formula is C51H31N3S2. The van der Waals surface area contributed by atoms with Crippen LogP contribution in [-0.2, 0) is 0 Å². The first kappa shape index (κ1) is 18.2. The number of hydrogen-bond acceptors (Lipinski definition) is 5. The summed E-state index contributed by atoms with van der Waals surface area (Å²) < 4.78 is 180. The smallest absolute Gasteiger partial charge is 0.164 e. The van der Waals surface area contributed by atoms with Crippen LogP contribution in [0.4, 0.5) is 0 Å². The maximum absolute atomic E-state index is 9.78. The van der Waals surface area contributed by atoms with Gasteiger partial charge in [-0.2, -0.15) is 0 Å². The van der Waals surface area contributed by atoms with Gasteiger partial charge in [-0.1, -0.05) is 145 Å². The zero-order valence-corrected chi connectivity index (χ0v) is 30.1. The van der Waals surface area contributed by atoms with Crippen LogP contribution >= 0.6 is 22.7 Å². The number of fused-ring (bicyclic) bond motifs is 6. The van der Waals surface area contributed by atoms with Crippen molar-refractivity contribution in [3.8, 4) is 67.5 Å². The summed E-state index contributed by atoms with van der Waals surface area (Å²) in [4.78, 5) is 13.2. The van der Waals surface area contributed by atoms with Crippen molar-refractivity contribution in [3.05, 3.63) is 188 Å². The molecule has 0 unspecified atom stereocenters. The largest absolute Gasteiger partial charge is 0.208 e. The fourth-order valence-corrected chi connectivity index (χ4v) is 8.66. The average molecular weight is 770 g/mol. The molecule has 3 aromatic heterocycles. The molecule has 0 spiro atoms. The summed E-state index contributed by atoms with van der Waals surface area (Å²) in [5.41, 5.74) is -0.968. The molecule has 8 aromatic carbocycles. The lowest BCUT2D eigenvalue weighted by Crippen LogP contribution is -2.00. The van der Waals surface area contributed by atoms with Gasteiger partial charge in [0.05, 0.1) is 27.4 Å². The van der Waals surface area contributed by atoms with E-state index in [0.717, 1.165) is 42.6 Å². The molecule has 11 aromatic rings. The first-order chi connectivity index (χ1) is 36.1. The lowest BCUT2D eigenvalue weighted by molar-refractivity contribution is 1.07. The molecule has 0 aliphatic rings. The Kier molecular flexibility index (Phi) is 4.39. The normalized spacial score (nSPS) is 16.6. The third-order valence-electron chi connectivity index (χ3n) is 9.04. The van der Waals surface area contributed by atoms with Gasteiger partial charge in [-0.05, 0) is 75.7 Å². The highest BCUT2D eigenvalue weighted by Gasteiger charge is 2.17. The van der Waals surface area contributed by atoms with Crippen LogP contribution in [0.1, 0.15) is 27.4 Å². The van der Waals surface area contributed by atoms with Crippen molar-refractivity contribution in [2.45, 2.75) is 0 Å². The molecule has 0 N–H and O–H groups in total. The van der Waals surface area contributed by atoms with Crippen LogP contribution in [0, 0.1) is 0 Å². The minimum atomic E-state index is -0.910. The summed E-state index contributed by atoms with van der Waals surface area (Å²) >= 11 is 2.34. The van der Waals surface area contributed by atoms with Crippen molar-refractivity contribution in [3.63, 3.8) is 0 Å². The number of nitrogens with zero attached hydrogens (tertiary/aromatic N) is 3. The Hall–Kier alpha value is -6.79. The maximum Gasteiger partial charge on any atom is 0.164 e. The minimum Gasteiger partial charge on any atom is -0.208 e. The van der Waals surface area contributed by atoms with E-state index in [2.05, 4.69) is 15.0 Å². The third kappa shape index (κ3) is 5.77. The maximum atomic E-state index is 9.78. The third-order valence-corrected chi connectivity index (χ3v) is 11.2. The molecule has 0 atom stereocenters. The number of benzene rings is 8. The van der Waals surface area contributed by atoms with Crippen molar-refractivity contribution in [1.29, 1.82) is 0 Å². The van der Waals surface area contributed by atoms with Gasteiger partial charge in [0.25, 0.3) is 0 Å². The van der Waals surface area contributed by atoms with Gasteiger partial charge >= 0.3 is 0 Å². The van der Waals surface area contributed by atoms with Gasteiger partial charge in [0.2, 0.25) is 0 Å². The van der Waals surface area contributed by atoms with E-state index in [1.54, 1.807) is 0 Å². The van der Waals surface area contributed by atoms with Crippen molar-refractivity contribution in [1.82, 2.24) is 15.0 Å². The predicted molar refractivity (Wildman–Crippen MR) is 238 cm³/mol. The summed E-state index contributed by atoms with van der Waals surface area (Å²) in [7, 11) is 0. The monoisotopic (exact) mass is 769 g/mol. The van der Waals surface area contributed by atoms with Crippen molar-refractivity contribution in [2.75, 3.05) is 0 Å². The van der Waals surface area contributed by atoms with E-state index in [4.69, 9.17) is 17.8 Å². The van der Waals surface area contributed by atoms with Crippen LogP contribution in [0.2, 0.25) is 0 Å². The molecule has 0 radical (unpaired) electrons. The van der Waals surface area contributed by atoms with Crippen LogP contribution in [0.5, 0.6) is 0 Å². The Morgan fingerprint density at radius 2 is 0.982 bits per heavy atom. The van der Waals surface area contributed by atoms with Gasteiger partial charge in [-0.3, -0.25) is 0 Å². The number of rotatable bonds is 6. The second kappa shape index (κ2) is 13.5. The summed E-state index contributed by atoms with van der Waals surface area (Å²) in [5.74, 6) is -2.12. The molecule has 262 valence electrons. The number of hydrogen-bond donors (Lipinski definition) is 0. The first-order valence-electron chi connectivity index (χ1n) is 27.1. The highest BCUT2D eigenvalue weighted by atomic mass is 32.1. The molecule has 0 saturated heterocycles. The molecule has 0 fully saturated rings. The quantitative estimate of drug-likeness (QED) is 0.169. The van der Waals surface area contributed by atoms with Crippen molar-refractivity contribution in [2.24, 2.45) is 0 Å². The van der Waals surface area contributed by atoms with Crippen LogP contribution in [0.25, 0.3) is 108 Å². The predicted octanol–water partition coefficient (Wildman–Crippen LogP) is 14.6. The van der Waals surface area contributed by atoms with Gasteiger partial charge in [0.15, 0.2) is 17.5 Å². The fourth-order valence-electron chi connectivity index (χ4n) is 6.52. The Morgan fingerprint density at radius 3 is 1.79 bits per heavy atom. The number of aromatic nitrogens is 3. The first-order valence-corrected chi connectivity index (χ1v) is 18.7. The van der Waals surface area contributed by atoms with E-state index in [1.165, 1.54) is 11.3 Å². The minimum absolute atomic E-state index is 0.0275. The van der Waals surface area contributed by atoms with E-state index in [0.29, 0.717) is 5.56 Å². The van der Waals surface area contributed by atoms with Gasteiger partial charge in [-0.25, -0.2) is 15.0 Å².